The molecule has 6 rings (SSSR count). The van der Waals surface area contributed by atoms with E-state index in [9.17, 15) is 22.4 Å². The maximum Gasteiger partial charge on any atom is 0.418 e. The second kappa shape index (κ2) is 9.06. The summed E-state index contributed by atoms with van der Waals surface area (Å²) in [6, 6.07) is 13.4. The predicted molar refractivity (Wildman–Crippen MR) is 135 cm³/mol. The number of carbonyl (C=O) groups is 1. The van der Waals surface area contributed by atoms with Gasteiger partial charge in [0.05, 0.1) is 29.5 Å². The Morgan fingerprint density at radius 1 is 0.946 bits per heavy atom. The van der Waals surface area contributed by atoms with Gasteiger partial charge in [0.25, 0.3) is 0 Å². The van der Waals surface area contributed by atoms with Crippen LogP contribution >= 0.6 is 11.3 Å². The minimum absolute atomic E-state index is 0.227. The largest absolute Gasteiger partial charge is 0.418 e. The molecule has 1 atom stereocenters. The van der Waals surface area contributed by atoms with Gasteiger partial charge in [0.15, 0.2) is 0 Å². The maximum atomic E-state index is 13.8. The molecule has 190 valence electrons. The van der Waals surface area contributed by atoms with E-state index in [1.54, 1.807) is 28.4 Å². The van der Waals surface area contributed by atoms with Crippen molar-refractivity contribution in [3.05, 3.63) is 106 Å². The van der Waals surface area contributed by atoms with Gasteiger partial charge in [0, 0.05) is 16.6 Å². The molecule has 9 heteroatoms. The van der Waals surface area contributed by atoms with Crippen LogP contribution in [0.4, 0.5) is 28.0 Å². The molecule has 1 N–H and O–H groups in total. The molecule has 1 aliphatic carbocycles. The van der Waals surface area contributed by atoms with Crippen LogP contribution in [0.5, 0.6) is 0 Å². The van der Waals surface area contributed by atoms with E-state index >= 15 is 0 Å². The zero-order chi connectivity index (χ0) is 25.7. The summed E-state index contributed by atoms with van der Waals surface area (Å²) >= 11 is 1.72. The van der Waals surface area contributed by atoms with Gasteiger partial charge in [0.1, 0.15) is 10.8 Å². The van der Waals surface area contributed by atoms with Gasteiger partial charge in [-0.1, -0.05) is 24.3 Å². The highest BCUT2D eigenvalue weighted by molar-refractivity contribution is 7.15. The van der Waals surface area contributed by atoms with Crippen LogP contribution in [0.15, 0.2) is 66.9 Å². The quantitative estimate of drug-likeness (QED) is 0.268. The lowest BCUT2D eigenvalue weighted by atomic mass is 9.95. The second-order valence-electron chi connectivity index (χ2n) is 9.35. The van der Waals surface area contributed by atoms with Gasteiger partial charge < -0.3 is 14.8 Å². The third-order valence-corrected chi connectivity index (χ3v) is 8.43. The van der Waals surface area contributed by atoms with E-state index in [-0.39, 0.29) is 12.2 Å². The number of aryl methyl sites for hydroxylation is 1. The Labute approximate surface area is 215 Å². The van der Waals surface area contributed by atoms with Crippen molar-refractivity contribution in [2.45, 2.75) is 44.4 Å². The van der Waals surface area contributed by atoms with Crippen molar-refractivity contribution in [2.75, 3.05) is 5.32 Å². The Morgan fingerprint density at radius 3 is 2.49 bits per heavy atom. The average Bonchev–Trinajstić information content (AvgIpc) is 3.46. The number of para-hydroxylation sites is 1. The molecule has 0 bridgehead atoms. The van der Waals surface area contributed by atoms with E-state index in [2.05, 4.69) is 9.88 Å². The van der Waals surface area contributed by atoms with Gasteiger partial charge in [-0.15, -0.1) is 11.3 Å². The Balaban J connectivity index is 1.49. The van der Waals surface area contributed by atoms with Crippen LogP contribution in [-0.4, -0.2) is 15.5 Å². The number of halogens is 4. The van der Waals surface area contributed by atoms with Crippen LogP contribution in [0.2, 0.25) is 0 Å². The summed E-state index contributed by atoms with van der Waals surface area (Å²) in [5, 5.41) is 3.57. The number of hydrogen-bond acceptors (Lipinski definition) is 2. The lowest BCUT2D eigenvalue weighted by Crippen LogP contribution is -2.38. The van der Waals surface area contributed by atoms with Gasteiger partial charge in [0.2, 0.25) is 0 Å². The maximum absolute atomic E-state index is 13.8. The lowest BCUT2D eigenvalue weighted by Gasteiger charge is -2.31. The van der Waals surface area contributed by atoms with Gasteiger partial charge in [-0.05, 0) is 73.2 Å². The Kier molecular flexibility index (Phi) is 5.82. The smallest absolute Gasteiger partial charge is 0.310 e. The third kappa shape index (κ3) is 4.21. The minimum atomic E-state index is -4.62. The fourth-order valence-corrected chi connectivity index (χ4v) is 6.81. The van der Waals surface area contributed by atoms with Crippen molar-refractivity contribution in [2.24, 2.45) is 0 Å². The van der Waals surface area contributed by atoms with E-state index in [1.807, 2.05) is 18.3 Å². The fraction of sp³-hybridized carbons (Fsp3) is 0.250. The topological polar surface area (TPSA) is 37.3 Å². The standard InChI is InChI=1S/C28H23F4N3OS/c29-18-13-11-17(12-14-18)25-23-9-5-15-34(23)26-20(19-6-1-4-10-24(19)37-26)16-35(25)27(36)33-22-8-3-2-7-21(22)28(30,31)32/h2-3,5,7-9,11-15,25H,1,4,6,10,16H2,(H,33,36)/t25-/m0/s1. The van der Waals surface area contributed by atoms with Crippen LogP contribution in [-0.2, 0) is 25.6 Å². The van der Waals surface area contributed by atoms with Gasteiger partial charge >= 0.3 is 12.2 Å². The number of thiophene rings is 1. The summed E-state index contributed by atoms with van der Waals surface area (Å²) in [4.78, 5) is 16.7. The average molecular weight is 526 g/mol. The molecule has 2 aromatic carbocycles. The van der Waals surface area contributed by atoms with E-state index in [1.165, 1.54) is 40.8 Å². The Hall–Kier alpha value is -3.59. The number of aromatic nitrogens is 1. The van der Waals surface area contributed by atoms with Crippen molar-refractivity contribution in [3.8, 4) is 5.00 Å². The summed E-state index contributed by atoms with van der Waals surface area (Å²) in [7, 11) is 0. The molecule has 4 aromatic rings. The first-order chi connectivity index (χ1) is 17.8. The number of nitrogens with zero attached hydrogens (tertiary/aromatic N) is 2. The molecule has 1 aliphatic heterocycles. The third-order valence-electron chi connectivity index (χ3n) is 7.10. The number of fused-ring (bicyclic) bond motifs is 5. The molecule has 0 unspecified atom stereocenters. The first-order valence-electron chi connectivity index (χ1n) is 12.1. The van der Waals surface area contributed by atoms with Crippen molar-refractivity contribution in [1.82, 2.24) is 9.47 Å². The molecule has 37 heavy (non-hydrogen) atoms. The number of amides is 2. The summed E-state index contributed by atoms with van der Waals surface area (Å²) in [5.74, 6) is -0.406. The summed E-state index contributed by atoms with van der Waals surface area (Å²) in [5.41, 5.74) is 2.52. The SMILES string of the molecule is O=C(Nc1ccccc1C(F)(F)F)N1Cc2c(sc3c2CCCC3)-n2cccc2[C@@H]1c1ccc(F)cc1. The molecule has 2 aliphatic rings. The number of hydrogen-bond donors (Lipinski definition) is 1. The number of rotatable bonds is 2. The zero-order valence-electron chi connectivity index (χ0n) is 19.7. The monoisotopic (exact) mass is 525 g/mol. The molecule has 2 amide bonds. The van der Waals surface area contributed by atoms with E-state index < -0.39 is 29.6 Å². The van der Waals surface area contributed by atoms with Crippen LogP contribution in [0.25, 0.3) is 5.00 Å². The van der Waals surface area contributed by atoms with E-state index in [4.69, 9.17) is 0 Å². The summed E-state index contributed by atoms with van der Waals surface area (Å²) in [6.07, 6.45) is 1.39. The first-order valence-corrected chi connectivity index (χ1v) is 12.9. The van der Waals surface area contributed by atoms with Gasteiger partial charge in [-0.25, -0.2) is 9.18 Å². The molecule has 4 nitrogen and oxygen atoms in total. The van der Waals surface area contributed by atoms with Crippen LogP contribution < -0.4 is 5.32 Å². The molecule has 0 radical (unpaired) electrons. The van der Waals surface area contributed by atoms with Crippen molar-refractivity contribution in [1.29, 1.82) is 0 Å². The highest BCUT2D eigenvalue weighted by Gasteiger charge is 2.38. The number of nitrogens with one attached hydrogen (secondary N) is 1. The van der Waals surface area contributed by atoms with Crippen LogP contribution in [0, 0.1) is 5.82 Å². The molecule has 0 spiro atoms. The normalized spacial score (nSPS) is 17.0. The highest BCUT2D eigenvalue weighted by atomic mass is 32.1. The fourth-order valence-electron chi connectivity index (χ4n) is 5.41. The lowest BCUT2D eigenvalue weighted by molar-refractivity contribution is -0.136. The van der Waals surface area contributed by atoms with Gasteiger partial charge in [-0.3, -0.25) is 0 Å². The Morgan fingerprint density at radius 2 is 1.70 bits per heavy atom. The molecule has 2 aromatic heterocycles. The van der Waals surface area contributed by atoms with Crippen LogP contribution in [0.3, 0.4) is 0 Å². The number of anilines is 1. The number of urea groups is 1. The van der Waals surface area contributed by atoms with Gasteiger partial charge in [-0.2, -0.15) is 13.2 Å². The minimum Gasteiger partial charge on any atom is -0.310 e. The summed E-state index contributed by atoms with van der Waals surface area (Å²) in [6.45, 7) is 0.227. The van der Waals surface area contributed by atoms with E-state index in [0.717, 1.165) is 48.0 Å². The molecule has 0 saturated carbocycles. The molecular weight excluding hydrogens is 502 g/mol. The van der Waals surface area contributed by atoms with Crippen LogP contribution in [0.1, 0.15) is 51.7 Å². The number of alkyl halides is 3. The van der Waals surface area contributed by atoms with Crippen molar-refractivity contribution in [3.63, 3.8) is 0 Å². The first kappa shape index (κ1) is 23.8. The molecule has 3 heterocycles. The predicted octanol–water partition coefficient (Wildman–Crippen LogP) is 7.71. The molecule has 0 fully saturated rings. The molecular formula is C28H23F4N3OS. The number of benzene rings is 2. The number of carbonyl (C=O) groups excluding carboxylic acids is 1. The second-order valence-corrected chi connectivity index (χ2v) is 10.4. The Bertz CT molecular complexity index is 1470. The van der Waals surface area contributed by atoms with Crippen molar-refractivity contribution >= 4 is 23.1 Å². The van der Waals surface area contributed by atoms with Crippen molar-refractivity contribution < 1.29 is 22.4 Å². The molecule has 0 saturated heterocycles. The summed E-state index contributed by atoms with van der Waals surface area (Å²) < 4.78 is 56.9. The highest BCUT2D eigenvalue weighted by Crippen LogP contribution is 2.44. The zero-order valence-corrected chi connectivity index (χ0v) is 20.5. The van der Waals surface area contributed by atoms with E-state index in [0.29, 0.717) is 5.56 Å².